The molecule has 0 unspecified atom stereocenters. The van der Waals surface area contributed by atoms with E-state index < -0.39 is 0 Å². The van der Waals surface area contributed by atoms with Crippen molar-refractivity contribution in [1.82, 2.24) is 4.98 Å². The average Bonchev–Trinajstić information content (AvgIpc) is 3.02. The fraction of sp³-hybridized carbons (Fsp3) is 0.550. The lowest BCUT2D eigenvalue weighted by Gasteiger charge is -2.01. The molecule has 0 amide bonds. The first-order valence-corrected chi connectivity index (χ1v) is 9.69. The van der Waals surface area contributed by atoms with Crippen molar-refractivity contribution in [1.29, 1.82) is 0 Å². The molecule has 0 saturated heterocycles. The van der Waals surface area contributed by atoms with Gasteiger partial charge in [0.25, 0.3) is 0 Å². The molecule has 2 aromatic heterocycles. The third-order valence-electron chi connectivity index (χ3n) is 4.08. The standard InChI is InChI=1S/C20H29NS/c1-3-5-7-8-9-11-19-14-15-20(22-19)17-12-13-18(21-16-17)10-6-4-2/h12-16H,3-11H2,1-2H3. The second kappa shape index (κ2) is 9.78. The molecule has 0 bridgehead atoms. The third-order valence-corrected chi connectivity index (χ3v) is 5.28. The molecule has 0 atom stereocenters. The lowest BCUT2D eigenvalue weighted by molar-refractivity contribution is 0.634. The smallest absolute Gasteiger partial charge is 0.0404 e. The molecule has 22 heavy (non-hydrogen) atoms. The van der Waals surface area contributed by atoms with Gasteiger partial charge < -0.3 is 0 Å². The van der Waals surface area contributed by atoms with Crippen molar-refractivity contribution in [2.75, 3.05) is 0 Å². The molecule has 0 aliphatic heterocycles. The Morgan fingerprint density at radius 3 is 2.36 bits per heavy atom. The summed E-state index contributed by atoms with van der Waals surface area (Å²) < 4.78 is 0. The maximum absolute atomic E-state index is 4.60. The van der Waals surface area contributed by atoms with E-state index >= 15 is 0 Å². The summed E-state index contributed by atoms with van der Waals surface area (Å²) in [7, 11) is 0. The van der Waals surface area contributed by atoms with E-state index in [0.29, 0.717) is 0 Å². The number of aromatic nitrogens is 1. The van der Waals surface area contributed by atoms with Gasteiger partial charge in [-0.05, 0) is 43.9 Å². The lowest BCUT2D eigenvalue weighted by Crippen LogP contribution is -1.89. The zero-order valence-electron chi connectivity index (χ0n) is 14.1. The number of nitrogens with zero attached hydrogens (tertiary/aromatic N) is 1. The van der Waals surface area contributed by atoms with Crippen molar-refractivity contribution < 1.29 is 0 Å². The Morgan fingerprint density at radius 2 is 1.64 bits per heavy atom. The molecule has 1 nitrogen and oxygen atoms in total. The highest BCUT2D eigenvalue weighted by molar-refractivity contribution is 7.15. The first-order valence-electron chi connectivity index (χ1n) is 8.87. The van der Waals surface area contributed by atoms with E-state index in [-0.39, 0.29) is 0 Å². The van der Waals surface area contributed by atoms with Gasteiger partial charge in [0.2, 0.25) is 0 Å². The van der Waals surface area contributed by atoms with Gasteiger partial charge in [-0.15, -0.1) is 11.3 Å². The fourth-order valence-electron chi connectivity index (χ4n) is 2.65. The van der Waals surface area contributed by atoms with Crippen LogP contribution >= 0.6 is 11.3 Å². The van der Waals surface area contributed by atoms with Crippen LogP contribution in [0.25, 0.3) is 10.4 Å². The van der Waals surface area contributed by atoms with Gasteiger partial charge in [0.05, 0.1) is 0 Å². The molecule has 0 aliphatic rings. The maximum Gasteiger partial charge on any atom is 0.0404 e. The SMILES string of the molecule is CCCCCCCc1ccc(-c2ccc(CCCC)nc2)s1. The van der Waals surface area contributed by atoms with Crippen molar-refractivity contribution in [3.63, 3.8) is 0 Å². The summed E-state index contributed by atoms with van der Waals surface area (Å²) in [5, 5.41) is 0. The lowest BCUT2D eigenvalue weighted by atomic mass is 10.1. The van der Waals surface area contributed by atoms with E-state index in [9.17, 15) is 0 Å². The zero-order chi connectivity index (χ0) is 15.6. The van der Waals surface area contributed by atoms with Crippen molar-refractivity contribution in [3.8, 4) is 10.4 Å². The van der Waals surface area contributed by atoms with Gasteiger partial charge in [0.1, 0.15) is 0 Å². The van der Waals surface area contributed by atoms with Crippen LogP contribution < -0.4 is 0 Å². The fourth-order valence-corrected chi connectivity index (χ4v) is 3.69. The summed E-state index contributed by atoms with van der Waals surface area (Å²) in [6.45, 7) is 4.50. The van der Waals surface area contributed by atoms with E-state index in [1.807, 2.05) is 17.5 Å². The van der Waals surface area contributed by atoms with Crippen LogP contribution in [-0.4, -0.2) is 4.98 Å². The summed E-state index contributed by atoms with van der Waals surface area (Å²) in [5.74, 6) is 0. The van der Waals surface area contributed by atoms with Crippen LogP contribution in [0.3, 0.4) is 0 Å². The van der Waals surface area contributed by atoms with Crippen molar-refractivity contribution >= 4 is 11.3 Å². The molecule has 2 rings (SSSR count). The van der Waals surface area contributed by atoms with E-state index in [0.717, 1.165) is 6.42 Å². The number of unbranched alkanes of at least 4 members (excludes halogenated alkanes) is 5. The van der Waals surface area contributed by atoms with Crippen molar-refractivity contribution in [2.45, 2.75) is 71.6 Å². The van der Waals surface area contributed by atoms with Gasteiger partial charge in [0, 0.05) is 27.2 Å². The number of hydrogen-bond donors (Lipinski definition) is 0. The highest BCUT2D eigenvalue weighted by Gasteiger charge is 2.04. The van der Waals surface area contributed by atoms with Crippen LogP contribution in [0.1, 0.15) is 69.4 Å². The van der Waals surface area contributed by atoms with Gasteiger partial charge in [-0.3, -0.25) is 4.98 Å². The van der Waals surface area contributed by atoms with Crippen LogP contribution in [-0.2, 0) is 12.8 Å². The average molecular weight is 316 g/mol. The van der Waals surface area contributed by atoms with E-state index in [1.165, 1.54) is 72.4 Å². The zero-order valence-corrected chi connectivity index (χ0v) is 14.9. The molecule has 0 saturated carbocycles. The molecule has 120 valence electrons. The molecular weight excluding hydrogens is 286 g/mol. The number of hydrogen-bond acceptors (Lipinski definition) is 2. The molecule has 0 N–H and O–H groups in total. The van der Waals surface area contributed by atoms with Gasteiger partial charge in [0.15, 0.2) is 0 Å². The van der Waals surface area contributed by atoms with Crippen LogP contribution in [0.15, 0.2) is 30.5 Å². The van der Waals surface area contributed by atoms with Gasteiger partial charge in [-0.2, -0.15) is 0 Å². The topological polar surface area (TPSA) is 12.9 Å². The summed E-state index contributed by atoms with van der Waals surface area (Å²) in [6.07, 6.45) is 13.6. The Morgan fingerprint density at radius 1 is 0.818 bits per heavy atom. The Bertz CT molecular complexity index is 527. The Labute approximate surface area is 139 Å². The number of thiophene rings is 1. The quantitative estimate of drug-likeness (QED) is 0.446. The van der Waals surface area contributed by atoms with E-state index in [2.05, 4.69) is 43.1 Å². The molecule has 0 aliphatic carbocycles. The van der Waals surface area contributed by atoms with Crippen molar-refractivity contribution in [3.05, 3.63) is 41.0 Å². The molecular formula is C20H29NS. The number of pyridine rings is 1. The van der Waals surface area contributed by atoms with Gasteiger partial charge in [-0.25, -0.2) is 0 Å². The highest BCUT2D eigenvalue weighted by Crippen LogP contribution is 2.28. The van der Waals surface area contributed by atoms with Gasteiger partial charge >= 0.3 is 0 Å². The monoisotopic (exact) mass is 315 g/mol. The first-order chi connectivity index (χ1) is 10.8. The largest absolute Gasteiger partial charge is 0.261 e. The van der Waals surface area contributed by atoms with Crippen LogP contribution in [0, 0.1) is 0 Å². The Balaban J connectivity index is 1.85. The predicted molar refractivity (Wildman–Crippen MR) is 98.6 cm³/mol. The van der Waals surface area contributed by atoms with E-state index in [4.69, 9.17) is 0 Å². The van der Waals surface area contributed by atoms with Crippen LogP contribution in [0.2, 0.25) is 0 Å². The molecule has 2 heteroatoms. The van der Waals surface area contributed by atoms with Crippen LogP contribution in [0.5, 0.6) is 0 Å². The minimum Gasteiger partial charge on any atom is -0.261 e. The molecule has 0 spiro atoms. The molecule has 2 aromatic rings. The predicted octanol–water partition coefficient (Wildman–Crippen LogP) is 6.67. The molecule has 2 heterocycles. The summed E-state index contributed by atoms with van der Waals surface area (Å²) in [6, 6.07) is 8.98. The second-order valence-corrected chi connectivity index (χ2v) is 7.24. The number of rotatable bonds is 10. The van der Waals surface area contributed by atoms with Crippen molar-refractivity contribution in [2.24, 2.45) is 0 Å². The first kappa shape index (κ1) is 17.2. The number of aryl methyl sites for hydroxylation is 2. The van der Waals surface area contributed by atoms with Gasteiger partial charge in [-0.1, -0.05) is 52.0 Å². The molecule has 0 aromatic carbocycles. The highest BCUT2D eigenvalue weighted by atomic mass is 32.1. The summed E-state index contributed by atoms with van der Waals surface area (Å²) in [4.78, 5) is 7.48. The normalized spacial score (nSPS) is 11.0. The molecule has 0 fully saturated rings. The third kappa shape index (κ3) is 5.57. The second-order valence-electron chi connectivity index (χ2n) is 6.07. The Kier molecular flexibility index (Phi) is 7.65. The Hall–Kier alpha value is -1.15. The van der Waals surface area contributed by atoms with Crippen LogP contribution in [0.4, 0.5) is 0 Å². The maximum atomic E-state index is 4.60. The summed E-state index contributed by atoms with van der Waals surface area (Å²) in [5.41, 5.74) is 2.49. The summed E-state index contributed by atoms with van der Waals surface area (Å²) >= 11 is 1.93. The molecule has 0 radical (unpaired) electrons. The van der Waals surface area contributed by atoms with E-state index in [1.54, 1.807) is 0 Å². The minimum absolute atomic E-state index is 1.10. The minimum atomic E-state index is 1.10.